The quantitative estimate of drug-likeness (QED) is 0.644. The van der Waals surface area contributed by atoms with Crippen molar-refractivity contribution in [3.8, 4) is 5.75 Å². The molecule has 0 saturated carbocycles. The van der Waals surface area contributed by atoms with E-state index in [4.69, 9.17) is 10.6 Å². The van der Waals surface area contributed by atoms with Gasteiger partial charge in [0, 0.05) is 18.0 Å². The van der Waals surface area contributed by atoms with E-state index in [1.165, 1.54) is 0 Å². The molecule has 5 heteroatoms. The number of benzene rings is 1. The maximum atomic E-state index is 5.82. The molecule has 0 bridgehead atoms. The Hall–Kier alpha value is -1.98. The number of para-hydroxylation sites is 1. The molecule has 0 aliphatic rings. The number of ether oxygens (including phenoxy) is 1. The van der Waals surface area contributed by atoms with Gasteiger partial charge in [-0.2, -0.15) is 0 Å². The maximum Gasteiger partial charge on any atom is 0.151 e. The highest BCUT2D eigenvalue weighted by Crippen LogP contribution is 2.28. The van der Waals surface area contributed by atoms with Crippen molar-refractivity contribution >= 4 is 0 Å². The van der Waals surface area contributed by atoms with Crippen LogP contribution in [0.4, 0.5) is 0 Å². The molecule has 3 N–H and O–H groups in total. The summed E-state index contributed by atoms with van der Waals surface area (Å²) >= 11 is 0. The van der Waals surface area contributed by atoms with E-state index in [-0.39, 0.29) is 12.1 Å². The van der Waals surface area contributed by atoms with Crippen molar-refractivity contribution in [1.82, 2.24) is 15.4 Å². The van der Waals surface area contributed by atoms with Crippen LogP contribution < -0.4 is 16.0 Å². The third-order valence-corrected chi connectivity index (χ3v) is 2.82. The molecule has 0 amide bonds. The SMILES string of the molecule is Cc1cnc(C(NN)c2ccccc2OC(C)C)nc1. The molecule has 20 heavy (non-hydrogen) atoms. The monoisotopic (exact) mass is 272 g/mol. The van der Waals surface area contributed by atoms with Crippen molar-refractivity contribution in [2.75, 3.05) is 0 Å². The Bertz CT molecular complexity index is 554. The number of rotatable bonds is 5. The van der Waals surface area contributed by atoms with E-state index >= 15 is 0 Å². The molecule has 0 radical (unpaired) electrons. The Morgan fingerprint density at radius 3 is 2.40 bits per heavy atom. The summed E-state index contributed by atoms with van der Waals surface area (Å²) < 4.78 is 5.82. The normalized spacial score (nSPS) is 12.4. The fourth-order valence-corrected chi connectivity index (χ4v) is 1.94. The van der Waals surface area contributed by atoms with Gasteiger partial charge in [0.2, 0.25) is 0 Å². The summed E-state index contributed by atoms with van der Waals surface area (Å²) in [5.41, 5.74) is 4.70. The van der Waals surface area contributed by atoms with Gasteiger partial charge in [-0.05, 0) is 32.4 Å². The smallest absolute Gasteiger partial charge is 0.151 e. The molecule has 1 aromatic heterocycles. The van der Waals surface area contributed by atoms with Crippen molar-refractivity contribution in [2.45, 2.75) is 32.9 Å². The highest BCUT2D eigenvalue weighted by Gasteiger charge is 2.19. The molecule has 2 rings (SSSR count). The first-order valence-corrected chi connectivity index (χ1v) is 6.62. The minimum atomic E-state index is -0.300. The van der Waals surface area contributed by atoms with Crippen LogP contribution >= 0.6 is 0 Å². The molecule has 0 aliphatic carbocycles. The van der Waals surface area contributed by atoms with Gasteiger partial charge >= 0.3 is 0 Å². The van der Waals surface area contributed by atoms with Crippen LogP contribution in [0, 0.1) is 6.92 Å². The summed E-state index contributed by atoms with van der Waals surface area (Å²) in [5, 5.41) is 0. The summed E-state index contributed by atoms with van der Waals surface area (Å²) in [6.07, 6.45) is 3.64. The number of nitrogens with two attached hydrogens (primary N) is 1. The van der Waals surface area contributed by atoms with E-state index in [0.717, 1.165) is 16.9 Å². The van der Waals surface area contributed by atoms with Gasteiger partial charge in [-0.1, -0.05) is 18.2 Å². The molecule has 2 aromatic rings. The van der Waals surface area contributed by atoms with E-state index in [1.54, 1.807) is 12.4 Å². The van der Waals surface area contributed by atoms with Crippen molar-refractivity contribution in [1.29, 1.82) is 0 Å². The second-order valence-corrected chi connectivity index (χ2v) is 4.92. The van der Waals surface area contributed by atoms with Crippen LogP contribution in [0.15, 0.2) is 36.7 Å². The molecular weight excluding hydrogens is 252 g/mol. The standard InChI is InChI=1S/C15H20N4O/c1-10(2)20-13-7-5-4-6-12(13)14(19-16)15-17-8-11(3)9-18-15/h4-10,14,19H,16H2,1-3H3. The van der Waals surface area contributed by atoms with E-state index in [2.05, 4.69) is 15.4 Å². The highest BCUT2D eigenvalue weighted by atomic mass is 16.5. The Morgan fingerprint density at radius 1 is 1.15 bits per heavy atom. The van der Waals surface area contributed by atoms with Crippen LogP contribution in [0.5, 0.6) is 5.75 Å². The number of hydrogen-bond donors (Lipinski definition) is 2. The predicted molar refractivity (Wildman–Crippen MR) is 78.1 cm³/mol. The number of hydrazine groups is 1. The number of hydrogen-bond acceptors (Lipinski definition) is 5. The Balaban J connectivity index is 2.38. The third kappa shape index (κ3) is 3.31. The lowest BCUT2D eigenvalue weighted by Crippen LogP contribution is -2.30. The third-order valence-electron chi connectivity index (χ3n) is 2.82. The van der Waals surface area contributed by atoms with Gasteiger partial charge in [-0.15, -0.1) is 0 Å². The summed E-state index contributed by atoms with van der Waals surface area (Å²) in [4.78, 5) is 8.67. The van der Waals surface area contributed by atoms with Crippen molar-refractivity contribution < 1.29 is 4.74 Å². The minimum absolute atomic E-state index is 0.0912. The van der Waals surface area contributed by atoms with Crippen LogP contribution in [-0.2, 0) is 0 Å². The highest BCUT2D eigenvalue weighted by molar-refractivity contribution is 5.38. The molecule has 0 fully saturated rings. The molecule has 0 saturated heterocycles. The first-order valence-electron chi connectivity index (χ1n) is 6.62. The van der Waals surface area contributed by atoms with E-state index in [1.807, 2.05) is 45.0 Å². The topological polar surface area (TPSA) is 73.1 Å². The Kier molecular flexibility index (Phi) is 4.65. The molecular formula is C15H20N4O. The molecule has 1 heterocycles. The van der Waals surface area contributed by atoms with Gasteiger partial charge in [0.05, 0.1) is 6.10 Å². The predicted octanol–water partition coefficient (Wildman–Crippen LogP) is 2.12. The van der Waals surface area contributed by atoms with Gasteiger partial charge in [0.1, 0.15) is 11.8 Å². The zero-order valence-electron chi connectivity index (χ0n) is 12.0. The minimum Gasteiger partial charge on any atom is -0.491 e. The van der Waals surface area contributed by atoms with Crippen LogP contribution in [0.2, 0.25) is 0 Å². The zero-order chi connectivity index (χ0) is 14.5. The lowest BCUT2D eigenvalue weighted by molar-refractivity contribution is 0.238. The second-order valence-electron chi connectivity index (χ2n) is 4.92. The van der Waals surface area contributed by atoms with Crippen LogP contribution in [-0.4, -0.2) is 16.1 Å². The van der Waals surface area contributed by atoms with Crippen LogP contribution in [0.25, 0.3) is 0 Å². The number of nitrogens with zero attached hydrogens (tertiary/aromatic N) is 2. The molecule has 0 aliphatic heterocycles. The lowest BCUT2D eigenvalue weighted by atomic mass is 10.1. The van der Waals surface area contributed by atoms with Gasteiger partial charge in [0.15, 0.2) is 5.82 Å². The second kappa shape index (κ2) is 6.45. The molecule has 1 aromatic carbocycles. The van der Waals surface area contributed by atoms with Gasteiger partial charge in [-0.3, -0.25) is 5.84 Å². The Morgan fingerprint density at radius 2 is 1.80 bits per heavy atom. The average Bonchev–Trinajstić information content (AvgIpc) is 2.43. The molecule has 1 atom stereocenters. The van der Waals surface area contributed by atoms with Crippen LogP contribution in [0.3, 0.4) is 0 Å². The van der Waals surface area contributed by atoms with Crippen molar-refractivity contribution in [3.63, 3.8) is 0 Å². The van der Waals surface area contributed by atoms with E-state index in [0.29, 0.717) is 5.82 Å². The average molecular weight is 272 g/mol. The van der Waals surface area contributed by atoms with Crippen molar-refractivity contribution in [3.05, 3.63) is 53.6 Å². The summed E-state index contributed by atoms with van der Waals surface area (Å²) in [5.74, 6) is 7.10. The molecule has 106 valence electrons. The van der Waals surface area contributed by atoms with E-state index in [9.17, 15) is 0 Å². The summed E-state index contributed by atoms with van der Waals surface area (Å²) in [6.45, 7) is 5.93. The molecule has 1 unspecified atom stereocenters. The summed E-state index contributed by atoms with van der Waals surface area (Å²) in [6, 6.07) is 7.47. The lowest BCUT2D eigenvalue weighted by Gasteiger charge is -2.20. The summed E-state index contributed by atoms with van der Waals surface area (Å²) in [7, 11) is 0. The molecule has 0 spiro atoms. The number of nitrogens with one attached hydrogen (secondary N) is 1. The zero-order valence-corrected chi connectivity index (χ0v) is 12.0. The first kappa shape index (κ1) is 14.4. The number of aromatic nitrogens is 2. The van der Waals surface area contributed by atoms with Crippen LogP contribution in [0.1, 0.15) is 36.8 Å². The molecule has 5 nitrogen and oxygen atoms in total. The van der Waals surface area contributed by atoms with Crippen molar-refractivity contribution in [2.24, 2.45) is 5.84 Å². The fraction of sp³-hybridized carbons (Fsp3) is 0.333. The van der Waals surface area contributed by atoms with Gasteiger partial charge < -0.3 is 4.74 Å². The van der Waals surface area contributed by atoms with E-state index < -0.39 is 0 Å². The largest absolute Gasteiger partial charge is 0.491 e. The Labute approximate surface area is 119 Å². The fourth-order valence-electron chi connectivity index (χ4n) is 1.94. The van der Waals surface area contributed by atoms with Gasteiger partial charge in [-0.25, -0.2) is 15.4 Å². The number of aryl methyl sites for hydroxylation is 1. The maximum absolute atomic E-state index is 5.82. The van der Waals surface area contributed by atoms with Gasteiger partial charge in [0.25, 0.3) is 0 Å². The first-order chi connectivity index (χ1) is 9.61.